The standard InChI is InChI=1S/C34H63NO2/c1-2-3-4-5-6-7-8-9-10-11-12-13-14-15-16-19-22-26-33(28-25-30-35)27-23-20-17-18-21-24-29-34-36-31-32-37-34/h6-7,9-10,31-34H,2-5,8,11-30,35H2,1H3/b7-6-,10-9-. The Hall–Kier alpha value is -1.22. The van der Waals surface area contributed by atoms with Crippen molar-refractivity contribution in [1.29, 1.82) is 0 Å². The summed E-state index contributed by atoms with van der Waals surface area (Å²) < 4.78 is 10.7. The zero-order chi connectivity index (χ0) is 26.5. The van der Waals surface area contributed by atoms with Crippen LogP contribution >= 0.6 is 0 Å². The number of unbranched alkanes of at least 4 members (excludes halogenated alkanes) is 15. The van der Waals surface area contributed by atoms with E-state index in [2.05, 4.69) is 31.2 Å². The topological polar surface area (TPSA) is 44.5 Å². The highest BCUT2D eigenvalue weighted by molar-refractivity contribution is 4.92. The maximum Gasteiger partial charge on any atom is 0.239 e. The lowest BCUT2D eigenvalue weighted by atomic mass is 9.90. The van der Waals surface area contributed by atoms with Gasteiger partial charge < -0.3 is 15.2 Å². The molecule has 216 valence electrons. The van der Waals surface area contributed by atoms with Crippen LogP contribution in [-0.4, -0.2) is 12.8 Å². The fourth-order valence-corrected chi connectivity index (χ4v) is 5.30. The van der Waals surface area contributed by atoms with Gasteiger partial charge in [0.25, 0.3) is 0 Å². The minimum atomic E-state index is -0.0202. The number of ether oxygens (including phenoxy) is 2. The molecule has 0 aromatic rings. The molecule has 3 heteroatoms. The second-order valence-corrected chi connectivity index (χ2v) is 11.2. The van der Waals surface area contributed by atoms with Crippen molar-refractivity contribution >= 4 is 0 Å². The van der Waals surface area contributed by atoms with Crippen LogP contribution in [0.4, 0.5) is 0 Å². The minimum Gasteiger partial charge on any atom is -0.459 e. The summed E-state index contributed by atoms with van der Waals surface area (Å²) in [5.74, 6) is 0.908. The molecule has 0 aromatic carbocycles. The van der Waals surface area contributed by atoms with Gasteiger partial charge in [-0.25, -0.2) is 0 Å². The summed E-state index contributed by atoms with van der Waals surface area (Å²) in [7, 11) is 0. The SMILES string of the molecule is CCCCC/C=C\C/C=C\CCCCCCCCCC(CCCN)CCCCCCCCC1OC=CO1. The molecule has 1 aliphatic heterocycles. The van der Waals surface area contributed by atoms with Crippen LogP contribution in [-0.2, 0) is 9.47 Å². The second-order valence-electron chi connectivity index (χ2n) is 11.2. The summed E-state index contributed by atoms with van der Waals surface area (Å²) in [5.41, 5.74) is 5.81. The minimum absolute atomic E-state index is 0.0202. The highest BCUT2D eigenvalue weighted by Gasteiger charge is 2.11. The van der Waals surface area contributed by atoms with Crippen molar-refractivity contribution in [1.82, 2.24) is 0 Å². The maximum absolute atomic E-state index is 5.81. The average molecular weight is 518 g/mol. The van der Waals surface area contributed by atoms with Crippen LogP contribution in [0.15, 0.2) is 36.8 Å². The normalized spacial score (nSPS) is 14.6. The van der Waals surface area contributed by atoms with Gasteiger partial charge in [-0.1, -0.05) is 128 Å². The van der Waals surface area contributed by atoms with Crippen LogP contribution in [0.3, 0.4) is 0 Å². The molecule has 0 saturated carbocycles. The molecule has 3 nitrogen and oxygen atoms in total. The molecule has 0 aliphatic carbocycles. The molecular formula is C34H63NO2. The summed E-state index contributed by atoms with van der Waals surface area (Å²) >= 11 is 0. The Morgan fingerprint density at radius 2 is 1.08 bits per heavy atom. The molecule has 37 heavy (non-hydrogen) atoms. The molecule has 1 aliphatic rings. The third kappa shape index (κ3) is 23.6. The Morgan fingerprint density at radius 1 is 0.595 bits per heavy atom. The van der Waals surface area contributed by atoms with Crippen molar-refractivity contribution in [3.8, 4) is 0 Å². The Balaban J connectivity index is 1.88. The first kappa shape index (κ1) is 33.8. The molecule has 1 heterocycles. The maximum atomic E-state index is 5.81. The lowest BCUT2D eigenvalue weighted by Crippen LogP contribution is -2.06. The monoisotopic (exact) mass is 517 g/mol. The van der Waals surface area contributed by atoms with Gasteiger partial charge in [0, 0.05) is 6.42 Å². The van der Waals surface area contributed by atoms with Gasteiger partial charge >= 0.3 is 0 Å². The molecule has 2 N–H and O–H groups in total. The average Bonchev–Trinajstić information content (AvgIpc) is 3.43. The van der Waals surface area contributed by atoms with E-state index in [9.17, 15) is 0 Å². The Kier molecular flexibility index (Phi) is 25.4. The Bertz CT molecular complexity index is 534. The molecule has 0 bridgehead atoms. The highest BCUT2D eigenvalue weighted by Crippen LogP contribution is 2.23. The van der Waals surface area contributed by atoms with Crippen LogP contribution in [0.5, 0.6) is 0 Å². The van der Waals surface area contributed by atoms with Crippen molar-refractivity contribution < 1.29 is 9.47 Å². The van der Waals surface area contributed by atoms with Gasteiger partial charge in [-0.15, -0.1) is 0 Å². The van der Waals surface area contributed by atoms with Crippen LogP contribution in [0.25, 0.3) is 0 Å². The van der Waals surface area contributed by atoms with Gasteiger partial charge in [-0.05, 0) is 63.8 Å². The molecule has 0 radical (unpaired) electrons. The van der Waals surface area contributed by atoms with Crippen LogP contribution in [0.2, 0.25) is 0 Å². The van der Waals surface area contributed by atoms with Crippen LogP contribution in [0.1, 0.15) is 161 Å². The van der Waals surface area contributed by atoms with E-state index in [1.54, 1.807) is 12.5 Å². The number of hydrogen-bond acceptors (Lipinski definition) is 3. The van der Waals surface area contributed by atoms with Crippen molar-refractivity contribution in [2.24, 2.45) is 11.7 Å². The molecule has 0 saturated heterocycles. The summed E-state index contributed by atoms with van der Waals surface area (Å²) in [6, 6.07) is 0. The zero-order valence-electron chi connectivity index (χ0n) is 24.7. The summed E-state index contributed by atoms with van der Waals surface area (Å²) in [6.07, 6.45) is 44.7. The molecule has 0 amide bonds. The van der Waals surface area contributed by atoms with E-state index in [1.807, 2.05) is 0 Å². The van der Waals surface area contributed by atoms with E-state index in [0.717, 1.165) is 25.3 Å². The smallest absolute Gasteiger partial charge is 0.239 e. The first-order valence-electron chi connectivity index (χ1n) is 16.3. The fraction of sp³-hybridized carbons (Fsp3) is 0.824. The van der Waals surface area contributed by atoms with Gasteiger partial charge in [-0.2, -0.15) is 0 Å². The van der Waals surface area contributed by atoms with Gasteiger partial charge in [-0.3, -0.25) is 0 Å². The summed E-state index contributed by atoms with van der Waals surface area (Å²) in [5, 5.41) is 0. The van der Waals surface area contributed by atoms with Gasteiger partial charge in [0.15, 0.2) is 0 Å². The van der Waals surface area contributed by atoms with E-state index in [0.29, 0.717) is 0 Å². The Morgan fingerprint density at radius 3 is 1.65 bits per heavy atom. The van der Waals surface area contributed by atoms with Crippen molar-refractivity contribution in [2.75, 3.05) is 6.54 Å². The molecule has 1 unspecified atom stereocenters. The predicted molar refractivity (Wildman–Crippen MR) is 162 cm³/mol. The molecular weight excluding hydrogens is 454 g/mol. The third-order valence-electron chi connectivity index (χ3n) is 7.70. The number of allylic oxidation sites excluding steroid dienone is 4. The second kappa shape index (κ2) is 27.8. The molecule has 0 fully saturated rings. The van der Waals surface area contributed by atoms with Crippen molar-refractivity contribution in [3.05, 3.63) is 36.8 Å². The first-order chi connectivity index (χ1) is 18.4. The summed E-state index contributed by atoms with van der Waals surface area (Å²) in [6.45, 7) is 3.12. The zero-order valence-corrected chi connectivity index (χ0v) is 24.7. The van der Waals surface area contributed by atoms with Crippen molar-refractivity contribution in [2.45, 2.75) is 167 Å². The molecule has 1 rings (SSSR count). The first-order valence-corrected chi connectivity index (χ1v) is 16.3. The molecule has 1 atom stereocenters. The molecule has 0 aromatic heterocycles. The fourth-order valence-electron chi connectivity index (χ4n) is 5.30. The Labute approximate surface area is 231 Å². The van der Waals surface area contributed by atoms with Gasteiger partial charge in [0.2, 0.25) is 6.29 Å². The van der Waals surface area contributed by atoms with Gasteiger partial charge in [0.05, 0.1) is 0 Å². The van der Waals surface area contributed by atoms with Gasteiger partial charge in [0.1, 0.15) is 12.5 Å². The van der Waals surface area contributed by atoms with E-state index < -0.39 is 0 Å². The highest BCUT2D eigenvalue weighted by atomic mass is 16.7. The lowest BCUT2D eigenvalue weighted by Gasteiger charge is -2.16. The van der Waals surface area contributed by atoms with Crippen LogP contribution in [0, 0.1) is 5.92 Å². The summed E-state index contributed by atoms with van der Waals surface area (Å²) in [4.78, 5) is 0. The van der Waals surface area contributed by atoms with E-state index in [-0.39, 0.29) is 6.29 Å². The largest absolute Gasteiger partial charge is 0.459 e. The third-order valence-corrected chi connectivity index (χ3v) is 7.70. The lowest BCUT2D eigenvalue weighted by molar-refractivity contribution is -0.0295. The molecule has 0 spiro atoms. The number of rotatable bonds is 28. The van der Waals surface area contributed by atoms with Crippen LogP contribution < -0.4 is 5.73 Å². The number of hydrogen-bond donors (Lipinski definition) is 1. The number of nitrogens with two attached hydrogens (primary N) is 1. The van der Waals surface area contributed by atoms with E-state index in [1.165, 1.54) is 141 Å². The van der Waals surface area contributed by atoms with E-state index in [4.69, 9.17) is 15.2 Å². The van der Waals surface area contributed by atoms with Crippen molar-refractivity contribution in [3.63, 3.8) is 0 Å². The van der Waals surface area contributed by atoms with E-state index >= 15 is 0 Å². The predicted octanol–water partition coefficient (Wildman–Crippen LogP) is 10.9. The quantitative estimate of drug-likeness (QED) is 0.0829.